The minimum Gasteiger partial charge on any atom is -0.360 e. The number of hydrogen-bond donors (Lipinski definition) is 0. The van der Waals surface area contributed by atoms with Crippen molar-refractivity contribution in [2.75, 3.05) is 26.2 Å². The van der Waals surface area contributed by atoms with E-state index in [4.69, 9.17) is 4.52 Å². The number of carbonyl (C=O) groups excluding carboxylic acids is 1. The van der Waals surface area contributed by atoms with Crippen molar-refractivity contribution in [3.8, 4) is 0 Å². The summed E-state index contributed by atoms with van der Waals surface area (Å²) in [5.41, 5.74) is 0.365. The van der Waals surface area contributed by atoms with Crippen LogP contribution in [-0.2, 0) is 10.0 Å². The Morgan fingerprint density at radius 3 is 2.52 bits per heavy atom. The smallest absolute Gasteiger partial charge is 0.263 e. The van der Waals surface area contributed by atoms with E-state index in [1.807, 2.05) is 19.1 Å². The Balaban J connectivity index is 1.76. The standard InChI is InChI=1S/C16H21N3O4S2/c1-11-5-6-14(24-11)16(20)18-7-4-8-19(10-9-18)25(21,22)15-12(2)17-23-13(15)3/h5-6H,4,7-10H2,1-3H3. The summed E-state index contributed by atoms with van der Waals surface area (Å²) in [6, 6.07) is 3.75. The summed E-state index contributed by atoms with van der Waals surface area (Å²) in [4.78, 5) is 16.3. The maximum Gasteiger partial charge on any atom is 0.263 e. The molecule has 2 aromatic heterocycles. The van der Waals surface area contributed by atoms with Crippen molar-refractivity contribution in [1.82, 2.24) is 14.4 Å². The summed E-state index contributed by atoms with van der Waals surface area (Å²) in [6.45, 7) is 6.74. The van der Waals surface area contributed by atoms with Crippen molar-refractivity contribution in [2.24, 2.45) is 0 Å². The van der Waals surface area contributed by atoms with Gasteiger partial charge in [-0.1, -0.05) is 5.16 Å². The molecule has 7 nitrogen and oxygen atoms in total. The third-order valence-electron chi connectivity index (χ3n) is 4.26. The van der Waals surface area contributed by atoms with Crippen LogP contribution in [0.4, 0.5) is 0 Å². The summed E-state index contributed by atoms with van der Waals surface area (Å²) < 4.78 is 32.3. The van der Waals surface area contributed by atoms with Gasteiger partial charge in [0.1, 0.15) is 10.6 Å². The monoisotopic (exact) mass is 383 g/mol. The average molecular weight is 383 g/mol. The lowest BCUT2D eigenvalue weighted by atomic mass is 10.3. The van der Waals surface area contributed by atoms with Crippen LogP contribution >= 0.6 is 11.3 Å². The Morgan fingerprint density at radius 2 is 1.92 bits per heavy atom. The lowest BCUT2D eigenvalue weighted by Gasteiger charge is -2.21. The molecule has 0 spiro atoms. The van der Waals surface area contributed by atoms with Crippen LogP contribution in [-0.4, -0.2) is 54.9 Å². The minimum atomic E-state index is -3.67. The second-order valence-corrected chi connectivity index (χ2v) is 9.28. The number of rotatable bonds is 3. The Hall–Kier alpha value is -1.71. The molecule has 0 aromatic carbocycles. The fraction of sp³-hybridized carbons (Fsp3) is 0.500. The van der Waals surface area contributed by atoms with E-state index in [9.17, 15) is 13.2 Å². The quantitative estimate of drug-likeness (QED) is 0.811. The highest BCUT2D eigenvalue weighted by atomic mass is 32.2. The van der Waals surface area contributed by atoms with Gasteiger partial charge in [0, 0.05) is 31.1 Å². The van der Waals surface area contributed by atoms with Crippen LogP contribution in [0.25, 0.3) is 0 Å². The molecule has 2 aromatic rings. The summed E-state index contributed by atoms with van der Waals surface area (Å²) in [7, 11) is -3.67. The van der Waals surface area contributed by atoms with Gasteiger partial charge in [0.15, 0.2) is 5.76 Å². The SMILES string of the molecule is Cc1ccc(C(=O)N2CCCN(S(=O)(=O)c3c(C)noc3C)CC2)s1. The summed E-state index contributed by atoms with van der Waals surface area (Å²) in [5.74, 6) is 0.262. The topological polar surface area (TPSA) is 83.7 Å². The maximum atomic E-state index is 12.9. The zero-order valence-corrected chi connectivity index (χ0v) is 16.1. The van der Waals surface area contributed by atoms with Crippen LogP contribution in [0.5, 0.6) is 0 Å². The zero-order valence-electron chi connectivity index (χ0n) is 14.5. The predicted molar refractivity (Wildman–Crippen MR) is 94.3 cm³/mol. The molecule has 1 fully saturated rings. The Bertz CT molecular complexity index is 866. The molecule has 0 aliphatic carbocycles. The fourth-order valence-electron chi connectivity index (χ4n) is 3.01. The molecule has 136 valence electrons. The Labute approximate surface area is 151 Å². The highest BCUT2D eigenvalue weighted by molar-refractivity contribution is 7.89. The van der Waals surface area contributed by atoms with Crippen LogP contribution in [0.3, 0.4) is 0 Å². The lowest BCUT2D eigenvalue weighted by Crippen LogP contribution is -2.37. The molecule has 0 unspecified atom stereocenters. The van der Waals surface area contributed by atoms with Crippen molar-refractivity contribution in [3.05, 3.63) is 33.3 Å². The number of hydrogen-bond acceptors (Lipinski definition) is 6. The fourth-order valence-corrected chi connectivity index (χ4v) is 5.61. The lowest BCUT2D eigenvalue weighted by molar-refractivity contribution is 0.0769. The van der Waals surface area contributed by atoms with E-state index in [-0.39, 0.29) is 17.3 Å². The molecule has 0 saturated carbocycles. The molecule has 1 aliphatic heterocycles. The first-order valence-electron chi connectivity index (χ1n) is 8.09. The van der Waals surface area contributed by atoms with Gasteiger partial charge in [0.25, 0.3) is 5.91 Å². The van der Waals surface area contributed by atoms with E-state index >= 15 is 0 Å². The van der Waals surface area contributed by atoms with Gasteiger partial charge in [-0.05, 0) is 39.3 Å². The van der Waals surface area contributed by atoms with E-state index in [1.165, 1.54) is 15.6 Å². The third kappa shape index (κ3) is 3.49. The first-order valence-corrected chi connectivity index (χ1v) is 10.3. The van der Waals surface area contributed by atoms with Gasteiger partial charge in [-0.3, -0.25) is 4.79 Å². The van der Waals surface area contributed by atoms with E-state index in [1.54, 1.807) is 18.7 Å². The molecule has 3 rings (SSSR count). The zero-order chi connectivity index (χ0) is 18.2. The molecule has 0 atom stereocenters. The largest absolute Gasteiger partial charge is 0.360 e. The molecule has 3 heterocycles. The molecule has 0 radical (unpaired) electrons. The molecular weight excluding hydrogens is 362 g/mol. The second-order valence-electron chi connectivity index (χ2n) is 6.11. The van der Waals surface area contributed by atoms with Crippen LogP contribution < -0.4 is 0 Å². The molecule has 1 aliphatic rings. The normalized spacial score (nSPS) is 16.8. The average Bonchev–Trinajstić information content (AvgIpc) is 3.03. The minimum absolute atomic E-state index is 0.0327. The van der Waals surface area contributed by atoms with Crippen molar-refractivity contribution >= 4 is 27.3 Å². The summed E-state index contributed by atoms with van der Waals surface area (Å²) >= 11 is 1.46. The van der Waals surface area contributed by atoms with Crippen LogP contribution in [0, 0.1) is 20.8 Å². The first kappa shape index (κ1) is 18.1. The maximum absolute atomic E-state index is 12.9. The third-order valence-corrected chi connectivity index (χ3v) is 7.39. The van der Waals surface area contributed by atoms with Gasteiger partial charge in [-0.2, -0.15) is 4.31 Å². The van der Waals surface area contributed by atoms with Crippen LogP contribution in [0.1, 0.15) is 32.4 Å². The number of aryl methyl sites for hydroxylation is 3. The van der Waals surface area contributed by atoms with Crippen molar-refractivity contribution in [3.63, 3.8) is 0 Å². The van der Waals surface area contributed by atoms with Crippen LogP contribution in [0.15, 0.2) is 21.6 Å². The number of aromatic nitrogens is 1. The number of sulfonamides is 1. The molecule has 25 heavy (non-hydrogen) atoms. The molecule has 0 N–H and O–H groups in total. The molecule has 1 amide bonds. The number of nitrogens with zero attached hydrogens (tertiary/aromatic N) is 3. The van der Waals surface area contributed by atoms with Gasteiger partial charge in [0.05, 0.1) is 4.88 Å². The van der Waals surface area contributed by atoms with Gasteiger partial charge in [-0.15, -0.1) is 11.3 Å². The van der Waals surface area contributed by atoms with Crippen molar-refractivity contribution in [1.29, 1.82) is 0 Å². The van der Waals surface area contributed by atoms with E-state index in [0.29, 0.717) is 42.4 Å². The van der Waals surface area contributed by atoms with Gasteiger partial charge in [0.2, 0.25) is 10.0 Å². The molecule has 0 bridgehead atoms. The van der Waals surface area contributed by atoms with Crippen molar-refractivity contribution in [2.45, 2.75) is 32.1 Å². The highest BCUT2D eigenvalue weighted by Crippen LogP contribution is 2.25. The Morgan fingerprint density at radius 1 is 1.16 bits per heavy atom. The summed E-state index contributed by atoms with van der Waals surface area (Å²) in [5, 5.41) is 3.74. The van der Waals surface area contributed by atoms with E-state index in [0.717, 1.165) is 4.88 Å². The predicted octanol–water partition coefficient (Wildman–Crippen LogP) is 2.20. The highest BCUT2D eigenvalue weighted by Gasteiger charge is 2.33. The molecule has 9 heteroatoms. The van der Waals surface area contributed by atoms with E-state index in [2.05, 4.69) is 5.16 Å². The van der Waals surface area contributed by atoms with Gasteiger partial charge in [-0.25, -0.2) is 8.42 Å². The van der Waals surface area contributed by atoms with Gasteiger partial charge >= 0.3 is 0 Å². The Kier molecular flexibility index (Phi) is 4.99. The second kappa shape index (κ2) is 6.89. The molecule has 1 saturated heterocycles. The number of amides is 1. The first-order chi connectivity index (χ1) is 11.8. The van der Waals surface area contributed by atoms with Crippen molar-refractivity contribution < 1.29 is 17.7 Å². The van der Waals surface area contributed by atoms with E-state index < -0.39 is 10.0 Å². The summed E-state index contributed by atoms with van der Waals surface area (Å²) in [6.07, 6.45) is 0.596. The molecular formula is C16H21N3O4S2. The van der Waals surface area contributed by atoms with Gasteiger partial charge < -0.3 is 9.42 Å². The number of thiophene rings is 1. The number of carbonyl (C=O) groups is 1. The van der Waals surface area contributed by atoms with Crippen LogP contribution in [0.2, 0.25) is 0 Å².